The van der Waals surface area contributed by atoms with Gasteiger partial charge in [0.2, 0.25) is 5.13 Å². The molecule has 0 aliphatic heterocycles. The number of nitrogens with zero attached hydrogens (tertiary/aromatic N) is 2. The highest BCUT2D eigenvalue weighted by Crippen LogP contribution is 2.26. The van der Waals surface area contributed by atoms with Crippen molar-refractivity contribution >= 4 is 43.9 Å². The second-order valence-electron chi connectivity index (χ2n) is 5.00. The Kier molecular flexibility index (Phi) is 3.47. The van der Waals surface area contributed by atoms with E-state index in [2.05, 4.69) is 15.5 Å². The molecule has 0 radical (unpaired) electrons. The molecule has 0 fully saturated rings. The number of rotatable bonds is 3. The predicted octanol–water partition coefficient (Wildman–Crippen LogP) is 3.55. The van der Waals surface area contributed by atoms with E-state index in [9.17, 15) is 9.90 Å². The molecule has 0 unspecified atom stereocenters. The fraction of sp³-hybridized carbons (Fsp3) is 0. The molecule has 2 N–H and O–H groups in total. The van der Waals surface area contributed by atoms with Gasteiger partial charge in [-0.1, -0.05) is 35.6 Å². The number of anilines is 1. The van der Waals surface area contributed by atoms with E-state index in [1.807, 2.05) is 24.3 Å². The van der Waals surface area contributed by atoms with E-state index in [1.54, 1.807) is 24.3 Å². The topological polar surface area (TPSA) is 87.7 Å². The fourth-order valence-corrected chi connectivity index (χ4v) is 3.15. The third-order valence-electron chi connectivity index (χ3n) is 3.47. The summed E-state index contributed by atoms with van der Waals surface area (Å²) >= 11 is 1.44. The van der Waals surface area contributed by atoms with Crippen molar-refractivity contribution in [3.05, 3.63) is 64.5 Å². The largest absolute Gasteiger partial charge is 0.506 e. The summed E-state index contributed by atoms with van der Waals surface area (Å²) in [6.07, 6.45) is 1.24. The van der Waals surface area contributed by atoms with Crippen molar-refractivity contribution in [3.8, 4) is 5.75 Å². The number of para-hydroxylation sites is 2. The lowest BCUT2D eigenvalue weighted by molar-refractivity contribution is 0.466. The van der Waals surface area contributed by atoms with Gasteiger partial charge in [0.05, 0.1) is 21.8 Å². The number of hydrazone groups is 1. The molecule has 0 saturated carbocycles. The SMILES string of the molecule is O=c1oc2ccccc2c(O)c1/C=N\Nc1nc2ccccc2s1. The molecular weight excluding hydrogens is 326 g/mol. The van der Waals surface area contributed by atoms with Crippen molar-refractivity contribution in [1.29, 1.82) is 0 Å². The Morgan fingerprint density at radius 3 is 2.83 bits per heavy atom. The number of fused-ring (bicyclic) bond motifs is 2. The van der Waals surface area contributed by atoms with Crippen molar-refractivity contribution < 1.29 is 9.52 Å². The summed E-state index contributed by atoms with van der Waals surface area (Å²) in [6.45, 7) is 0. The van der Waals surface area contributed by atoms with E-state index in [-0.39, 0.29) is 11.3 Å². The number of nitrogens with one attached hydrogen (secondary N) is 1. The minimum atomic E-state index is -0.652. The van der Waals surface area contributed by atoms with Crippen molar-refractivity contribution in [2.24, 2.45) is 5.10 Å². The van der Waals surface area contributed by atoms with Gasteiger partial charge < -0.3 is 9.52 Å². The van der Waals surface area contributed by atoms with Crippen LogP contribution in [0.5, 0.6) is 5.75 Å². The van der Waals surface area contributed by atoms with Crippen LogP contribution in [-0.2, 0) is 0 Å². The summed E-state index contributed by atoms with van der Waals surface area (Å²) in [5, 5.41) is 15.3. The van der Waals surface area contributed by atoms with Crippen LogP contribution < -0.4 is 11.1 Å². The molecule has 0 aliphatic rings. The summed E-state index contributed by atoms with van der Waals surface area (Å²) in [5.41, 5.74) is 3.31. The Morgan fingerprint density at radius 2 is 1.96 bits per heavy atom. The normalized spacial score (nSPS) is 11.5. The molecule has 2 heterocycles. The molecule has 7 heteroatoms. The Morgan fingerprint density at radius 1 is 1.17 bits per heavy atom. The summed E-state index contributed by atoms with van der Waals surface area (Å²) < 4.78 is 6.21. The maximum atomic E-state index is 12.0. The first kappa shape index (κ1) is 14.4. The standard InChI is InChI=1S/C17H11N3O3S/c21-15-10-5-1-3-7-13(10)23-16(22)11(15)9-18-20-17-19-12-6-2-4-8-14(12)24-17/h1-9,21H,(H,19,20)/b18-9-. The summed E-state index contributed by atoms with van der Waals surface area (Å²) in [5.74, 6) is -0.156. The smallest absolute Gasteiger partial charge is 0.349 e. The molecule has 0 aliphatic carbocycles. The minimum absolute atomic E-state index is 0.0117. The molecule has 4 aromatic rings. The van der Waals surface area contributed by atoms with E-state index in [0.29, 0.717) is 16.1 Å². The van der Waals surface area contributed by atoms with Gasteiger partial charge in [-0.25, -0.2) is 9.78 Å². The maximum Gasteiger partial charge on any atom is 0.349 e. The van der Waals surface area contributed by atoms with Crippen LogP contribution in [-0.4, -0.2) is 16.3 Å². The zero-order valence-electron chi connectivity index (χ0n) is 12.3. The van der Waals surface area contributed by atoms with Crippen LogP contribution in [0.1, 0.15) is 5.56 Å². The first-order valence-electron chi connectivity index (χ1n) is 7.12. The van der Waals surface area contributed by atoms with Crippen LogP contribution >= 0.6 is 11.3 Å². The zero-order chi connectivity index (χ0) is 16.5. The highest BCUT2D eigenvalue weighted by Gasteiger charge is 2.11. The molecule has 0 amide bonds. The third-order valence-corrected chi connectivity index (χ3v) is 4.41. The first-order valence-corrected chi connectivity index (χ1v) is 7.93. The predicted molar refractivity (Wildman–Crippen MR) is 95.0 cm³/mol. The molecule has 0 atom stereocenters. The maximum absolute atomic E-state index is 12.0. The van der Waals surface area contributed by atoms with Crippen LogP contribution in [0.3, 0.4) is 0 Å². The summed E-state index contributed by atoms with van der Waals surface area (Å²) in [6, 6.07) is 14.5. The second kappa shape index (κ2) is 5.78. The lowest BCUT2D eigenvalue weighted by atomic mass is 10.1. The number of aromatic nitrogens is 1. The average molecular weight is 337 g/mol. The monoisotopic (exact) mass is 337 g/mol. The molecule has 2 aromatic heterocycles. The quantitative estimate of drug-likeness (QED) is 0.339. The molecule has 6 nitrogen and oxygen atoms in total. The molecule has 24 heavy (non-hydrogen) atoms. The van der Waals surface area contributed by atoms with E-state index in [1.165, 1.54) is 17.6 Å². The van der Waals surface area contributed by atoms with Crippen molar-refractivity contribution in [1.82, 2.24) is 4.98 Å². The zero-order valence-corrected chi connectivity index (χ0v) is 13.1. The second-order valence-corrected chi connectivity index (χ2v) is 6.04. The highest BCUT2D eigenvalue weighted by atomic mass is 32.1. The third kappa shape index (κ3) is 2.50. The van der Waals surface area contributed by atoms with E-state index in [0.717, 1.165) is 10.2 Å². The van der Waals surface area contributed by atoms with Crippen LogP contribution in [0.2, 0.25) is 0 Å². The number of aromatic hydroxyl groups is 1. The van der Waals surface area contributed by atoms with Gasteiger partial charge in [0.15, 0.2) is 0 Å². The summed E-state index contributed by atoms with van der Waals surface area (Å²) in [7, 11) is 0. The molecule has 0 saturated heterocycles. The van der Waals surface area contributed by atoms with Gasteiger partial charge in [0.1, 0.15) is 16.9 Å². The lowest BCUT2D eigenvalue weighted by Gasteiger charge is -2.02. The van der Waals surface area contributed by atoms with E-state index in [4.69, 9.17) is 4.42 Å². The first-order chi connectivity index (χ1) is 11.7. The molecule has 0 bridgehead atoms. The Labute approximate surface area is 139 Å². The number of hydrogen-bond donors (Lipinski definition) is 2. The van der Waals surface area contributed by atoms with Gasteiger partial charge in [-0.3, -0.25) is 5.43 Å². The van der Waals surface area contributed by atoms with Crippen LogP contribution in [0.25, 0.3) is 21.2 Å². The molecular formula is C17H11N3O3S. The Hall–Kier alpha value is -3.19. The van der Waals surface area contributed by atoms with Crippen LogP contribution in [0, 0.1) is 0 Å². The van der Waals surface area contributed by atoms with Gasteiger partial charge in [-0.2, -0.15) is 5.10 Å². The summed E-state index contributed by atoms with van der Waals surface area (Å²) in [4.78, 5) is 16.3. The minimum Gasteiger partial charge on any atom is -0.506 e. The van der Waals surface area contributed by atoms with E-state index >= 15 is 0 Å². The van der Waals surface area contributed by atoms with E-state index < -0.39 is 5.63 Å². The van der Waals surface area contributed by atoms with Gasteiger partial charge in [-0.15, -0.1) is 0 Å². The number of hydrogen-bond acceptors (Lipinski definition) is 7. The molecule has 0 spiro atoms. The lowest BCUT2D eigenvalue weighted by Crippen LogP contribution is -2.07. The number of benzene rings is 2. The molecule has 4 rings (SSSR count). The number of thiazole rings is 1. The highest BCUT2D eigenvalue weighted by molar-refractivity contribution is 7.22. The van der Waals surface area contributed by atoms with Gasteiger partial charge in [-0.05, 0) is 24.3 Å². The van der Waals surface area contributed by atoms with Crippen molar-refractivity contribution in [2.45, 2.75) is 0 Å². The molecule has 2 aromatic carbocycles. The van der Waals surface area contributed by atoms with Crippen LogP contribution in [0.4, 0.5) is 5.13 Å². The Balaban J connectivity index is 1.66. The Bertz CT molecular complexity index is 1100. The van der Waals surface area contributed by atoms with Crippen molar-refractivity contribution in [2.75, 3.05) is 5.43 Å². The fourth-order valence-electron chi connectivity index (χ4n) is 2.33. The van der Waals surface area contributed by atoms with Gasteiger partial charge in [0, 0.05) is 0 Å². The molecule has 118 valence electrons. The van der Waals surface area contributed by atoms with Crippen LogP contribution in [0.15, 0.2) is 62.8 Å². The van der Waals surface area contributed by atoms with Gasteiger partial charge >= 0.3 is 5.63 Å². The van der Waals surface area contributed by atoms with Gasteiger partial charge in [0.25, 0.3) is 0 Å². The average Bonchev–Trinajstić information content (AvgIpc) is 3.00. The van der Waals surface area contributed by atoms with Crippen molar-refractivity contribution in [3.63, 3.8) is 0 Å².